The average Bonchev–Trinajstić information content (AvgIpc) is 3.39. The molecule has 23 heavy (non-hydrogen) atoms. The Labute approximate surface area is 134 Å². The molecule has 1 N–H and O–H groups in total. The minimum atomic E-state index is -0.383. The van der Waals surface area contributed by atoms with Crippen molar-refractivity contribution in [2.75, 3.05) is 11.9 Å². The summed E-state index contributed by atoms with van der Waals surface area (Å²) < 4.78 is 5.85. The Hall–Kier alpha value is -2.21. The molecular weight excluding hydrogens is 294 g/mol. The van der Waals surface area contributed by atoms with E-state index in [4.69, 9.17) is 4.74 Å². The van der Waals surface area contributed by atoms with E-state index in [1.165, 1.54) is 18.9 Å². The van der Waals surface area contributed by atoms with Crippen LogP contribution in [0.3, 0.4) is 0 Å². The lowest BCUT2D eigenvalue weighted by atomic mass is 10.00. The number of hydrogen-bond donors (Lipinski definition) is 1. The second-order valence-electron chi connectivity index (χ2n) is 6.44. The van der Waals surface area contributed by atoms with Crippen molar-refractivity contribution in [3.05, 3.63) is 40.4 Å². The van der Waals surface area contributed by atoms with Gasteiger partial charge in [0, 0.05) is 30.2 Å². The summed E-state index contributed by atoms with van der Waals surface area (Å²) in [6, 6.07) is 8.93. The van der Waals surface area contributed by atoms with E-state index in [2.05, 4.69) is 10.3 Å². The van der Waals surface area contributed by atoms with Gasteiger partial charge in [0.1, 0.15) is 5.82 Å². The molecule has 6 heteroatoms. The second kappa shape index (κ2) is 5.77. The summed E-state index contributed by atoms with van der Waals surface area (Å²) >= 11 is 0. The molecule has 2 fully saturated rings. The third-order valence-electron chi connectivity index (χ3n) is 4.70. The molecule has 1 saturated carbocycles. The van der Waals surface area contributed by atoms with Crippen LogP contribution in [-0.4, -0.2) is 28.7 Å². The van der Waals surface area contributed by atoms with Crippen molar-refractivity contribution in [2.45, 2.75) is 37.8 Å². The molecule has 2 aliphatic rings. The second-order valence-corrected chi connectivity index (χ2v) is 6.44. The molecule has 2 unspecified atom stereocenters. The number of nitro benzene ring substituents is 1. The molecule has 120 valence electrons. The highest BCUT2D eigenvalue weighted by Crippen LogP contribution is 2.38. The molecule has 1 aliphatic heterocycles. The summed E-state index contributed by atoms with van der Waals surface area (Å²) in [6.07, 6.45) is 5.01. The number of non-ortho nitro benzene ring substituents is 1. The molecular formula is C17H19N3O3. The van der Waals surface area contributed by atoms with Gasteiger partial charge in [0.25, 0.3) is 5.69 Å². The summed E-state index contributed by atoms with van der Waals surface area (Å²) in [5.74, 6) is 1.58. The third-order valence-corrected chi connectivity index (χ3v) is 4.70. The number of nitrogens with zero attached hydrogens (tertiary/aromatic N) is 2. The van der Waals surface area contributed by atoms with Gasteiger partial charge in [-0.05, 0) is 49.8 Å². The number of anilines is 1. The summed E-state index contributed by atoms with van der Waals surface area (Å²) in [5, 5.41) is 15.1. The predicted molar refractivity (Wildman–Crippen MR) is 87.5 cm³/mol. The van der Waals surface area contributed by atoms with E-state index in [0.29, 0.717) is 12.1 Å². The molecule has 1 aliphatic carbocycles. The van der Waals surface area contributed by atoms with Gasteiger partial charge in [0.05, 0.1) is 16.5 Å². The van der Waals surface area contributed by atoms with Gasteiger partial charge in [0.15, 0.2) is 0 Å². The number of fused-ring (bicyclic) bond motifs is 1. The minimum absolute atomic E-state index is 0.0942. The third kappa shape index (κ3) is 3.12. The number of nitro groups is 1. The summed E-state index contributed by atoms with van der Waals surface area (Å²) in [5.41, 5.74) is 0.864. The number of hydrogen-bond acceptors (Lipinski definition) is 5. The molecule has 1 aromatic carbocycles. The lowest BCUT2D eigenvalue weighted by Crippen LogP contribution is -2.35. The fourth-order valence-electron chi connectivity index (χ4n) is 3.27. The monoisotopic (exact) mass is 313 g/mol. The van der Waals surface area contributed by atoms with Gasteiger partial charge in [-0.3, -0.25) is 10.1 Å². The molecule has 0 amide bonds. The highest BCUT2D eigenvalue weighted by Gasteiger charge is 2.35. The van der Waals surface area contributed by atoms with E-state index in [9.17, 15) is 10.1 Å². The first kappa shape index (κ1) is 14.4. The van der Waals surface area contributed by atoms with Gasteiger partial charge in [-0.2, -0.15) is 0 Å². The van der Waals surface area contributed by atoms with Gasteiger partial charge in [-0.1, -0.05) is 0 Å². The Balaban J connectivity index is 1.50. The zero-order chi connectivity index (χ0) is 15.8. The van der Waals surface area contributed by atoms with Crippen LogP contribution in [0.15, 0.2) is 30.3 Å². The van der Waals surface area contributed by atoms with Crippen LogP contribution in [0.25, 0.3) is 10.9 Å². The smallest absolute Gasteiger partial charge is 0.270 e. The van der Waals surface area contributed by atoms with E-state index in [0.717, 1.165) is 42.1 Å². The maximum absolute atomic E-state index is 10.8. The van der Waals surface area contributed by atoms with Gasteiger partial charge >= 0.3 is 0 Å². The van der Waals surface area contributed by atoms with Crippen LogP contribution in [0.2, 0.25) is 0 Å². The van der Waals surface area contributed by atoms with Crippen molar-refractivity contribution >= 4 is 22.4 Å². The molecule has 4 rings (SSSR count). The fraction of sp³-hybridized carbons (Fsp3) is 0.471. The number of ether oxygens (including phenoxy) is 1. The summed E-state index contributed by atoms with van der Waals surface area (Å²) in [6.45, 7) is 0.804. The molecule has 1 aromatic heterocycles. The fourth-order valence-corrected chi connectivity index (χ4v) is 3.27. The Bertz CT molecular complexity index is 745. The van der Waals surface area contributed by atoms with Crippen LogP contribution < -0.4 is 5.32 Å². The van der Waals surface area contributed by atoms with Crippen LogP contribution >= 0.6 is 0 Å². The van der Waals surface area contributed by atoms with Crippen molar-refractivity contribution in [3.8, 4) is 0 Å². The number of rotatable bonds is 4. The average molecular weight is 313 g/mol. The molecule has 6 nitrogen and oxygen atoms in total. The molecule has 1 saturated heterocycles. The van der Waals surface area contributed by atoms with E-state index in [-0.39, 0.29) is 10.6 Å². The first-order valence-corrected chi connectivity index (χ1v) is 8.12. The van der Waals surface area contributed by atoms with E-state index in [1.54, 1.807) is 12.1 Å². The quantitative estimate of drug-likeness (QED) is 0.690. The van der Waals surface area contributed by atoms with Crippen molar-refractivity contribution in [1.29, 1.82) is 0 Å². The summed E-state index contributed by atoms with van der Waals surface area (Å²) in [4.78, 5) is 15.0. The minimum Gasteiger partial charge on any atom is -0.378 e. The van der Waals surface area contributed by atoms with Gasteiger partial charge < -0.3 is 10.1 Å². The largest absolute Gasteiger partial charge is 0.378 e. The Kier molecular flexibility index (Phi) is 3.61. The predicted octanol–water partition coefficient (Wildman–Crippen LogP) is 3.51. The van der Waals surface area contributed by atoms with Crippen molar-refractivity contribution in [3.63, 3.8) is 0 Å². The SMILES string of the molecule is O=[N+]([O-])c1ccc2nc(NC3CCOC(C4CC4)C3)ccc2c1. The Morgan fingerprint density at radius 1 is 1.22 bits per heavy atom. The summed E-state index contributed by atoms with van der Waals surface area (Å²) in [7, 11) is 0. The van der Waals surface area contributed by atoms with E-state index in [1.807, 2.05) is 12.1 Å². The van der Waals surface area contributed by atoms with Crippen LogP contribution in [0.5, 0.6) is 0 Å². The standard InChI is InChI=1S/C17H19N3O3/c21-20(22)14-4-5-15-12(9-14)3-6-17(19-15)18-13-7-8-23-16(10-13)11-1-2-11/h3-6,9,11,13,16H,1-2,7-8,10H2,(H,18,19). The zero-order valence-electron chi connectivity index (χ0n) is 12.8. The van der Waals surface area contributed by atoms with Crippen LogP contribution in [0.4, 0.5) is 11.5 Å². The van der Waals surface area contributed by atoms with Crippen molar-refractivity contribution in [2.24, 2.45) is 5.92 Å². The Morgan fingerprint density at radius 3 is 2.87 bits per heavy atom. The molecule has 0 radical (unpaired) electrons. The molecule has 0 bridgehead atoms. The van der Waals surface area contributed by atoms with Crippen LogP contribution in [0, 0.1) is 16.0 Å². The molecule has 2 atom stereocenters. The van der Waals surface area contributed by atoms with Gasteiger partial charge in [-0.15, -0.1) is 0 Å². The topological polar surface area (TPSA) is 77.3 Å². The zero-order valence-corrected chi connectivity index (χ0v) is 12.8. The van der Waals surface area contributed by atoms with Crippen molar-refractivity contribution < 1.29 is 9.66 Å². The molecule has 0 spiro atoms. The lowest BCUT2D eigenvalue weighted by molar-refractivity contribution is -0.384. The number of pyridine rings is 1. The number of benzene rings is 1. The normalized spacial score (nSPS) is 24.5. The highest BCUT2D eigenvalue weighted by atomic mass is 16.6. The van der Waals surface area contributed by atoms with Gasteiger partial charge in [-0.25, -0.2) is 4.98 Å². The first-order chi connectivity index (χ1) is 11.2. The van der Waals surface area contributed by atoms with E-state index < -0.39 is 0 Å². The maximum atomic E-state index is 10.8. The maximum Gasteiger partial charge on any atom is 0.270 e. The van der Waals surface area contributed by atoms with Crippen LogP contribution in [0.1, 0.15) is 25.7 Å². The number of nitrogens with one attached hydrogen (secondary N) is 1. The lowest BCUT2D eigenvalue weighted by Gasteiger charge is -2.30. The Morgan fingerprint density at radius 2 is 2.09 bits per heavy atom. The van der Waals surface area contributed by atoms with E-state index >= 15 is 0 Å². The van der Waals surface area contributed by atoms with Gasteiger partial charge in [0.2, 0.25) is 0 Å². The number of aromatic nitrogens is 1. The molecule has 2 aromatic rings. The first-order valence-electron chi connectivity index (χ1n) is 8.12. The molecule has 2 heterocycles. The van der Waals surface area contributed by atoms with Crippen molar-refractivity contribution in [1.82, 2.24) is 4.98 Å². The highest BCUT2D eigenvalue weighted by molar-refractivity contribution is 5.82. The van der Waals surface area contributed by atoms with Crippen LogP contribution in [-0.2, 0) is 4.74 Å².